The Labute approximate surface area is 158 Å². The van der Waals surface area contributed by atoms with Crippen molar-refractivity contribution in [3.63, 3.8) is 0 Å². The SMILES string of the molecule is COc1ccc(C(NC(=O)N2CCNCC2)Oc2cccnc2)c(OC)c1. The minimum atomic E-state index is -0.738. The van der Waals surface area contributed by atoms with Crippen LogP contribution in [0.2, 0.25) is 0 Å². The molecule has 8 heteroatoms. The van der Waals surface area contributed by atoms with Crippen LogP contribution in [0.5, 0.6) is 17.2 Å². The molecular formula is C19H24N4O4. The molecule has 2 N–H and O–H groups in total. The monoisotopic (exact) mass is 372 g/mol. The van der Waals surface area contributed by atoms with Gasteiger partial charge in [0.05, 0.1) is 26.0 Å². The zero-order valence-electron chi connectivity index (χ0n) is 15.5. The molecule has 144 valence electrons. The number of urea groups is 1. The standard InChI is InChI=1S/C19H24N4O4/c1-25-14-5-6-16(17(12-14)26-2)18(27-15-4-3-7-21-13-15)22-19(24)23-10-8-20-9-11-23/h3-7,12-13,18,20H,8-11H2,1-2H3,(H,22,24). The Hall–Kier alpha value is -3.00. The molecule has 1 unspecified atom stereocenters. The summed E-state index contributed by atoms with van der Waals surface area (Å²) in [6.45, 7) is 2.83. The third kappa shape index (κ3) is 4.79. The van der Waals surface area contributed by atoms with E-state index in [0.717, 1.165) is 13.1 Å². The minimum absolute atomic E-state index is 0.191. The van der Waals surface area contributed by atoms with E-state index in [2.05, 4.69) is 15.6 Å². The van der Waals surface area contributed by atoms with Crippen LogP contribution in [-0.4, -0.2) is 56.3 Å². The lowest BCUT2D eigenvalue weighted by molar-refractivity contribution is 0.138. The van der Waals surface area contributed by atoms with Crippen LogP contribution in [0.4, 0.5) is 4.79 Å². The second kappa shape index (κ2) is 9.09. The first-order valence-corrected chi connectivity index (χ1v) is 8.76. The van der Waals surface area contributed by atoms with Crippen LogP contribution in [0.25, 0.3) is 0 Å². The van der Waals surface area contributed by atoms with Gasteiger partial charge in [0, 0.05) is 38.4 Å². The molecule has 2 heterocycles. The molecule has 0 spiro atoms. The zero-order chi connectivity index (χ0) is 19.1. The van der Waals surface area contributed by atoms with Gasteiger partial charge in [0.15, 0.2) is 0 Å². The number of nitrogens with one attached hydrogen (secondary N) is 2. The van der Waals surface area contributed by atoms with E-state index in [0.29, 0.717) is 35.9 Å². The number of pyridine rings is 1. The maximum Gasteiger partial charge on any atom is 0.320 e. The van der Waals surface area contributed by atoms with Gasteiger partial charge in [-0.2, -0.15) is 0 Å². The normalized spacial score (nSPS) is 15.0. The van der Waals surface area contributed by atoms with Gasteiger partial charge in [-0.05, 0) is 24.3 Å². The molecule has 8 nitrogen and oxygen atoms in total. The number of hydrogen-bond donors (Lipinski definition) is 2. The number of aromatic nitrogens is 1. The van der Waals surface area contributed by atoms with Crippen molar-refractivity contribution in [2.45, 2.75) is 6.23 Å². The lowest BCUT2D eigenvalue weighted by Gasteiger charge is -2.30. The third-order valence-electron chi connectivity index (χ3n) is 4.27. The summed E-state index contributed by atoms with van der Waals surface area (Å²) in [5.41, 5.74) is 0.686. The number of nitrogens with zero attached hydrogens (tertiary/aromatic N) is 2. The van der Waals surface area contributed by atoms with Gasteiger partial charge in [0.1, 0.15) is 17.2 Å². The highest BCUT2D eigenvalue weighted by Crippen LogP contribution is 2.31. The lowest BCUT2D eigenvalue weighted by Crippen LogP contribution is -2.51. The summed E-state index contributed by atoms with van der Waals surface area (Å²) in [6.07, 6.45) is 2.52. The predicted molar refractivity (Wildman–Crippen MR) is 100 cm³/mol. The number of methoxy groups -OCH3 is 2. The maximum absolute atomic E-state index is 12.7. The third-order valence-corrected chi connectivity index (χ3v) is 4.27. The van der Waals surface area contributed by atoms with Crippen LogP contribution in [0.15, 0.2) is 42.7 Å². The Balaban J connectivity index is 1.86. The van der Waals surface area contributed by atoms with E-state index in [1.807, 2.05) is 6.07 Å². The molecule has 2 amide bonds. The van der Waals surface area contributed by atoms with Crippen molar-refractivity contribution in [2.24, 2.45) is 0 Å². The molecule has 1 aliphatic rings. The quantitative estimate of drug-likeness (QED) is 0.752. The van der Waals surface area contributed by atoms with Gasteiger partial charge in [-0.3, -0.25) is 10.3 Å². The predicted octanol–water partition coefficient (Wildman–Crippen LogP) is 1.79. The number of ether oxygens (including phenoxy) is 3. The smallest absolute Gasteiger partial charge is 0.320 e. The van der Waals surface area contributed by atoms with Crippen molar-refractivity contribution in [2.75, 3.05) is 40.4 Å². The van der Waals surface area contributed by atoms with E-state index < -0.39 is 6.23 Å². The molecule has 1 aromatic heterocycles. The highest BCUT2D eigenvalue weighted by molar-refractivity contribution is 5.75. The van der Waals surface area contributed by atoms with Crippen molar-refractivity contribution in [1.29, 1.82) is 0 Å². The number of carbonyl (C=O) groups is 1. The molecule has 0 saturated carbocycles. The summed E-state index contributed by atoms with van der Waals surface area (Å²) < 4.78 is 16.8. The van der Waals surface area contributed by atoms with Crippen LogP contribution < -0.4 is 24.8 Å². The van der Waals surface area contributed by atoms with Gasteiger partial charge in [-0.25, -0.2) is 4.79 Å². The summed E-state index contributed by atoms with van der Waals surface area (Å²) in [6, 6.07) is 8.74. The Morgan fingerprint density at radius 3 is 2.67 bits per heavy atom. The summed E-state index contributed by atoms with van der Waals surface area (Å²) in [5, 5.41) is 6.18. The number of hydrogen-bond acceptors (Lipinski definition) is 6. The van der Waals surface area contributed by atoms with Crippen LogP contribution in [0.3, 0.4) is 0 Å². The molecule has 0 aliphatic carbocycles. The number of benzene rings is 1. The Bertz CT molecular complexity index is 751. The average molecular weight is 372 g/mol. The molecule has 0 radical (unpaired) electrons. The molecule has 1 aliphatic heterocycles. The average Bonchev–Trinajstić information content (AvgIpc) is 2.74. The van der Waals surface area contributed by atoms with Crippen LogP contribution in [-0.2, 0) is 0 Å². The number of carbonyl (C=O) groups excluding carboxylic acids is 1. The summed E-state index contributed by atoms with van der Waals surface area (Å²) in [4.78, 5) is 18.5. The fraction of sp³-hybridized carbons (Fsp3) is 0.368. The summed E-state index contributed by atoms with van der Waals surface area (Å²) in [5.74, 6) is 1.76. The molecular weight excluding hydrogens is 348 g/mol. The Morgan fingerprint density at radius 2 is 2.00 bits per heavy atom. The van der Waals surface area contributed by atoms with E-state index in [4.69, 9.17) is 14.2 Å². The summed E-state index contributed by atoms with van der Waals surface area (Å²) in [7, 11) is 3.15. The Morgan fingerprint density at radius 1 is 1.19 bits per heavy atom. The van der Waals surface area contributed by atoms with E-state index in [1.165, 1.54) is 0 Å². The molecule has 1 fully saturated rings. The fourth-order valence-electron chi connectivity index (χ4n) is 2.83. The van der Waals surface area contributed by atoms with Crippen molar-refractivity contribution >= 4 is 6.03 Å². The first-order chi connectivity index (χ1) is 13.2. The topological polar surface area (TPSA) is 85.0 Å². The van der Waals surface area contributed by atoms with E-state index in [9.17, 15) is 4.79 Å². The molecule has 1 saturated heterocycles. The van der Waals surface area contributed by atoms with Gasteiger partial charge >= 0.3 is 6.03 Å². The van der Waals surface area contributed by atoms with Gasteiger partial charge < -0.3 is 24.4 Å². The van der Waals surface area contributed by atoms with Crippen molar-refractivity contribution in [3.05, 3.63) is 48.3 Å². The van der Waals surface area contributed by atoms with Crippen molar-refractivity contribution < 1.29 is 19.0 Å². The first-order valence-electron chi connectivity index (χ1n) is 8.76. The largest absolute Gasteiger partial charge is 0.497 e. The number of amides is 2. The van der Waals surface area contributed by atoms with Crippen molar-refractivity contribution in [3.8, 4) is 17.2 Å². The van der Waals surface area contributed by atoms with Gasteiger partial charge in [0.2, 0.25) is 6.23 Å². The minimum Gasteiger partial charge on any atom is -0.497 e. The molecule has 0 bridgehead atoms. The molecule has 3 rings (SSSR count). The van der Waals surface area contributed by atoms with Crippen LogP contribution >= 0.6 is 0 Å². The summed E-state index contributed by atoms with van der Waals surface area (Å²) >= 11 is 0. The second-order valence-electron chi connectivity index (χ2n) is 5.98. The molecule has 1 atom stereocenters. The van der Waals surface area contributed by atoms with E-state index >= 15 is 0 Å². The molecule has 1 aromatic carbocycles. The number of piperazine rings is 1. The number of rotatable bonds is 6. The van der Waals surface area contributed by atoms with Gasteiger partial charge in [-0.15, -0.1) is 0 Å². The molecule has 2 aromatic rings. The zero-order valence-corrected chi connectivity index (χ0v) is 15.5. The first kappa shape index (κ1) is 18.8. The van der Waals surface area contributed by atoms with Crippen molar-refractivity contribution in [1.82, 2.24) is 20.5 Å². The Kier molecular flexibility index (Phi) is 6.32. The second-order valence-corrected chi connectivity index (χ2v) is 5.98. The highest BCUT2D eigenvalue weighted by Gasteiger charge is 2.24. The molecule has 27 heavy (non-hydrogen) atoms. The van der Waals surface area contributed by atoms with E-state index in [-0.39, 0.29) is 6.03 Å². The maximum atomic E-state index is 12.7. The van der Waals surface area contributed by atoms with Crippen LogP contribution in [0, 0.1) is 0 Å². The lowest BCUT2D eigenvalue weighted by atomic mass is 10.1. The fourth-order valence-corrected chi connectivity index (χ4v) is 2.83. The van der Waals surface area contributed by atoms with E-state index in [1.54, 1.807) is 55.8 Å². The van der Waals surface area contributed by atoms with Crippen LogP contribution in [0.1, 0.15) is 11.8 Å². The van der Waals surface area contributed by atoms with Gasteiger partial charge in [-0.1, -0.05) is 0 Å². The van der Waals surface area contributed by atoms with Gasteiger partial charge in [0.25, 0.3) is 0 Å². The highest BCUT2D eigenvalue weighted by atomic mass is 16.5.